The van der Waals surface area contributed by atoms with Crippen LogP contribution in [0.2, 0.25) is 0 Å². The van der Waals surface area contributed by atoms with Crippen LogP contribution in [0.5, 0.6) is 5.75 Å². The fourth-order valence-electron chi connectivity index (χ4n) is 4.85. The van der Waals surface area contributed by atoms with Crippen molar-refractivity contribution in [3.05, 3.63) is 29.8 Å². The quantitative estimate of drug-likeness (QED) is 0.256. The summed E-state index contributed by atoms with van der Waals surface area (Å²) in [5.74, 6) is 3.44. The molecule has 3 rings (SSSR count). The average Bonchev–Trinajstić information content (AvgIpc) is 2.93. The summed E-state index contributed by atoms with van der Waals surface area (Å²) in [6, 6.07) is 6.57. The van der Waals surface area contributed by atoms with Crippen molar-refractivity contribution in [2.24, 2.45) is 5.92 Å². The maximum atomic E-state index is 13.2. The number of benzene rings is 1. The number of piperidine rings is 1. The molecule has 1 aliphatic heterocycles. The van der Waals surface area contributed by atoms with E-state index in [0.29, 0.717) is 49.0 Å². The van der Waals surface area contributed by atoms with E-state index in [9.17, 15) is 14.4 Å². The highest BCUT2D eigenvalue weighted by Gasteiger charge is 2.28. The molecule has 1 atom stereocenters. The van der Waals surface area contributed by atoms with Crippen LogP contribution in [0.25, 0.3) is 0 Å². The summed E-state index contributed by atoms with van der Waals surface area (Å²) < 4.78 is 5.17. The van der Waals surface area contributed by atoms with Gasteiger partial charge in [-0.25, -0.2) is 0 Å². The third-order valence-electron chi connectivity index (χ3n) is 7.01. The number of thioether (sulfide) groups is 2. The highest BCUT2D eigenvalue weighted by atomic mass is 32.2. The standard InChI is InChI=1S/C27H42N4O4S2/c1-35-23-10-8-21(9-11-23)27(34)31-14-12-22(13-15-31)29-26(33)24(30-25(32)16-28-19-36-2)18-37-17-20-6-4-3-5-7-20/h8-11,20,22,24,28H,3-7,12-19H2,1-2H3,(H,29,33)(H,30,32). The summed E-state index contributed by atoms with van der Waals surface area (Å²) in [4.78, 5) is 40.3. The lowest BCUT2D eigenvalue weighted by atomic mass is 9.91. The number of nitrogens with one attached hydrogen (secondary N) is 3. The van der Waals surface area contributed by atoms with Gasteiger partial charge in [-0.2, -0.15) is 11.8 Å². The molecule has 206 valence electrons. The summed E-state index contributed by atoms with van der Waals surface area (Å²) in [6.45, 7) is 1.37. The predicted molar refractivity (Wildman–Crippen MR) is 152 cm³/mol. The molecule has 1 heterocycles. The molecule has 8 nitrogen and oxygen atoms in total. The molecule has 1 aliphatic carbocycles. The van der Waals surface area contributed by atoms with Crippen LogP contribution < -0.4 is 20.7 Å². The molecule has 3 amide bonds. The number of carbonyl (C=O) groups is 3. The second kappa shape index (κ2) is 16.1. The molecule has 1 saturated heterocycles. The van der Waals surface area contributed by atoms with Crippen molar-refractivity contribution in [2.45, 2.75) is 57.0 Å². The fourth-order valence-corrected chi connectivity index (χ4v) is 6.43. The largest absolute Gasteiger partial charge is 0.497 e. The van der Waals surface area contributed by atoms with Crippen LogP contribution in [-0.4, -0.2) is 85.1 Å². The summed E-state index contributed by atoms with van der Waals surface area (Å²) in [5.41, 5.74) is 0.635. The van der Waals surface area contributed by atoms with Crippen LogP contribution in [0.4, 0.5) is 0 Å². The normalized spacial score (nSPS) is 17.7. The monoisotopic (exact) mass is 550 g/mol. The maximum absolute atomic E-state index is 13.2. The van der Waals surface area contributed by atoms with Crippen LogP contribution in [-0.2, 0) is 9.59 Å². The zero-order chi connectivity index (χ0) is 26.5. The van der Waals surface area contributed by atoms with E-state index in [2.05, 4.69) is 16.0 Å². The van der Waals surface area contributed by atoms with Gasteiger partial charge in [0.05, 0.1) is 13.7 Å². The van der Waals surface area contributed by atoms with E-state index in [-0.39, 0.29) is 30.3 Å². The lowest BCUT2D eigenvalue weighted by Crippen LogP contribution is -2.54. The SMILES string of the molecule is COc1ccc(C(=O)N2CCC(NC(=O)C(CSCC3CCCCC3)NC(=O)CNCSC)CC2)cc1. The van der Waals surface area contributed by atoms with Gasteiger partial charge in [0, 0.05) is 36.3 Å². The molecule has 0 radical (unpaired) electrons. The zero-order valence-corrected chi connectivity index (χ0v) is 23.8. The van der Waals surface area contributed by atoms with E-state index in [0.717, 1.165) is 11.5 Å². The summed E-state index contributed by atoms with van der Waals surface area (Å²) in [7, 11) is 1.60. The minimum atomic E-state index is -0.559. The molecular formula is C27H42N4O4S2. The van der Waals surface area contributed by atoms with Crippen LogP contribution in [0.15, 0.2) is 24.3 Å². The van der Waals surface area contributed by atoms with E-state index >= 15 is 0 Å². The second-order valence-corrected chi connectivity index (χ2v) is 11.8. The van der Waals surface area contributed by atoms with E-state index in [4.69, 9.17) is 4.74 Å². The molecule has 3 N–H and O–H groups in total. The molecule has 1 unspecified atom stereocenters. The molecule has 37 heavy (non-hydrogen) atoms. The smallest absolute Gasteiger partial charge is 0.253 e. The third-order valence-corrected chi connectivity index (χ3v) is 8.78. The number of ether oxygens (including phenoxy) is 1. The molecule has 2 aliphatic rings. The maximum Gasteiger partial charge on any atom is 0.253 e. The van der Waals surface area contributed by atoms with Gasteiger partial charge in [-0.1, -0.05) is 19.3 Å². The molecule has 2 fully saturated rings. The zero-order valence-electron chi connectivity index (χ0n) is 22.1. The Labute approximate surface area is 229 Å². The molecule has 1 aromatic rings. The molecule has 1 aromatic carbocycles. The van der Waals surface area contributed by atoms with Crippen molar-refractivity contribution in [3.63, 3.8) is 0 Å². The Morgan fingerprint density at radius 1 is 1.05 bits per heavy atom. The van der Waals surface area contributed by atoms with Crippen LogP contribution in [0.1, 0.15) is 55.3 Å². The highest BCUT2D eigenvalue weighted by Crippen LogP contribution is 2.27. The highest BCUT2D eigenvalue weighted by molar-refractivity contribution is 7.99. The number of amides is 3. The lowest BCUT2D eigenvalue weighted by Gasteiger charge is -2.33. The number of likely N-dealkylation sites (tertiary alicyclic amines) is 1. The third kappa shape index (κ3) is 10.1. The second-order valence-electron chi connectivity index (χ2n) is 9.82. The molecule has 0 bridgehead atoms. The molecule has 0 spiro atoms. The van der Waals surface area contributed by atoms with E-state index < -0.39 is 6.04 Å². The number of nitrogens with zero attached hydrogens (tertiary/aromatic N) is 1. The number of hydrogen-bond donors (Lipinski definition) is 3. The molecule has 10 heteroatoms. The molecule has 0 aromatic heterocycles. The van der Waals surface area contributed by atoms with Crippen molar-refractivity contribution in [1.82, 2.24) is 20.9 Å². The van der Waals surface area contributed by atoms with Crippen LogP contribution >= 0.6 is 23.5 Å². The number of rotatable bonds is 13. The van der Waals surface area contributed by atoms with Crippen LogP contribution in [0.3, 0.4) is 0 Å². The number of carbonyl (C=O) groups excluding carboxylic acids is 3. The van der Waals surface area contributed by atoms with E-state index in [1.165, 1.54) is 32.1 Å². The van der Waals surface area contributed by atoms with Gasteiger partial charge in [0.1, 0.15) is 11.8 Å². The van der Waals surface area contributed by atoms with E-state index in [1.54, 1.807) is 54.9 Å². The van der Waals surface area contributed by atoms with Gasteiger partial charge in [0.2, 0.25) is 11.8 Å². The Kier molecular flexibility index (Phi) is 12.9. The first-order chi connectivity index (χ1) is 18.0. The van der Waals surface area contributed by atoms with Crippen molar-refractivity contribution < 1.29 is 19.1 Å². The Morgan fingerprint density at radius 3 is 2.41 bits per heavy atom. The minimum Gasteiger partial charge on any atom is -0.497 e. The molecular weight excluding hydrogens is 508 g/mol. The van der Waals surface area contributed by atoms with Crippen molar-refractivity contribution in [1.29, 1.82) is 0 Å². The van der Waals surface area contributed by atoms with Gasteiger partial charge in [-0.05, 0) is 67.9 Å². The van der Waals surface area contributed by atoms with Gasteiger partial charge in [0.25, 0.3) is 5.91 Å². The van der Waals surface area contributed by atoms with Gasteiger partial charge < -0.3 is 20.3 Å². The minimum absolute atomic E-state index is 0.00516. The Morgan fingerprint density at radius 2 is 1.76 bits per heavy atom. The Balaban J connectivity index is 1.48. The lowest BCUT2D eigenvalue weighted by molar-refractivity contribution is -0.128. The summed E-state index contributed by atoms with van der Waals surface area (Å²) in [5, 5.41) is 9.16. The van der Waals surface area contributed by atoms with E-state index in [1.807, 2.05) is 11.2 Å². The molecule has 1 saturated carbocycles. The van der Waals surface area contributed by atoms with Gasteiger partial charge in [-0.3, -0.25) is 19.7 Å². The van der Waals surface area contributed by atoms with Gasteiger partial charge in [0.15, 0.2) is 0 Å². The topological polar surface area (TPSA) is 99.8 Å². The van der Waals surface area contributed by atoms with Gasteiger partial charge >= 0.3 is 0 Å². The fraction of sp³-hybridized carbons (Fsp3) is 0.667. The number of methoxy groups -OCH3 is 1. The average molecular weight is 551 g/mol. The Bertz CT molecular complexity index is 856. The Hall–Kier alpha value is -1.91. The first kappa shape index (κ1) is 29.6. The first-order valence-corrected chi connectivity index (χ1v) is 15.9. The van der Waals surface area contributed by atoms with Crippen molar-refractivity contribution in [3.8, 4) is 5.75 Å². The summed E-state index contributed by atoms with van der Waals surface area (Å²) in [6.07, 6.45) is 9.82. The van der Waals surface area contributed by atoms with Crippen molar-refractivity contribution >= 4 is 41.2 Å². The van der Waals surface area contributed by atoms with Gasteiger partial charge in [-0.15, -0.1) is 11.8 Å². The summed E-state index contributed by atoms with van der Waals surface area (Å²) >= 11 is 3.39. The van der Waals surface area contributed by atoms with Crippen molar-refractivity contribution in [2.75, 3.05) is 50.4 Å². The van der Waals surface area contributed by atoms with Crippen LogP contribution in [0, 0.1) is 5.92 Å². The predicted octanol–water partition coefficient (Wildman–Crippen LogP) is 3.12. The first-order valence-electron chi connectivity index (χ1n) is 13.3. The number of hydrogen-bond acceptors (Lipinski definition) is 7.